The molecule has 5 nitrogen and oxygen atoms in total. The molecule has 0 radical (unpaired) electrons. The minimum atomic E-state index is 0.155. The molecule has 0 spiro atoms. The van der Waals surface area contributed by atoms with Gasteiger partial charge in [-0.25, -0.2) is 9.50 Å². The zero-order chi connectivity index (χ0) is 16.5. The van der Waals surface area contributed by atoms with E-state index >= 15 is 0 Å². The molecule has 1 aliphatic carbocycles. The number of carbonyl (C=O) groups excluding carboxylic acids is 1. The van der Waals surface area contributed by atoms with Gasteiger partial charge in [-0.15, -0.1) is 0 Å². The number of carbonyl (C=O) groups is 1. The lowest BCUT2D eigenvalue weighted by molar-refractivity contribution is 0.0978. The summed E-state index contributed by atoms with van der Waals surface area (Å²) in [6.45, 7) is 0. The normalized spacial score (nSPS) is 13.8. The number of hydrogen-bond donors (Lipinski definition) is 0. The van der Waals surface area contributed by atoms with Crippen molar-refractivity contribution in [2.45, 2.75) is 25.7 Å². The fraction of sp³-hybridized carbons (Fsp3) is 0.263. The summed E-state index contributed by atoms with van der Waals surface area (Å²) in [7, 11) is 0. The van der Waals surface area contributed by atoms with Gasteiger partial charge in [-0.3, -0.25) is 4.79 Å². The van der Waals surface area contributed by atoms with Crippen molar-refractivity contribution >= 4 is 11.4 Å². The van der Waals surface area contributed by atoms with Crippen LogP contribution in [0.3, 0.4) is 0 Å². The molecular formula is C19H16N4O. The number of aromatic nitrogens is 3. The van der Waals surface area contributed by atoms with E-state index in [2.05, 4.69) is 16.2 Å². The zero-order valence-corrected chi connectivity index (χ0v) is 13.1. The van der Waals surface area contributed by atoms with Crippen molar-refractivity contribution in [1.82, 2.24) is 14.6 Å². The highest BCUT2D eigenvalue weighted by atomic mass is 16.1. The third-order valence-corrected chi connectivity index (χ3v) is 4.49. The van der Waals surface area contributed by atoms with Gasteiger partial charge in [0.2, 0.25) is 0 Å². The van der Waals surface area contributed by atoms with Gasteiger partial charge in [-0.1, -0.05) is 25.0 Å². The van der Waals surface area contributed by atoms with Crippen LogP contribution in [-0.4, -0.2) is 20.4 Å². The van der Waals surface area contributed by atoms with Gasteiger partial charge in [-0.2, -0.15) is 10.4 Å². The Hall–Kier alpha value is -3.00. The summed E-state index contributed by atoms with van der Waals surface area (Å²) >= 11 is 0. The van der Waals surface area contributed by atoms with Gasteiger partial charge < -0.3 is 0 Å². The molecule has 0 amide bonds. The average molecular weight is 316 g/mol. The minimum Gasteiger partial charge on any atom is -0.294 e. The standard InChI is InChI=1S/C19H16N4O/c20-11-14-3-6-15(7-4-14)17-9-16(10-19-21-12-22-23(17)19)18(24)8-5-13-1-2-13/h3-4,6-7,9-10,12-13H,1-2,5,8H2. The number of benzene rings is 1. The van der Waals surface area contributed by atoms with Crippen LogP contribution in [0, 0.1) is 17.2 Å². The summed E-state index contributed by atoms with van der Waals surface area (Å²) in [6, 6.07) is 13.1. The number of Topliss-reactive ketones (excluding diaryl/α,β-unsaturated/α-hetero) is 1. The lowest BCUT2D eigenvalue weighted by Gasteiger charge is -2.08. The van der Waals surface area contributed by atoms with E-state index in [9.17, 15) is 4.79 Å². The first-order chi connectivity index (χ1) is 11.7. The monoisotopic (exact) mass is 316 g/mol. The summed E-state index contributed by atoms with van der Waals surface area (Å²) < 4.78 is 1.72. The Morgan fingerprint density at radius 2 is 2.04 bits per heavy atom. The Labute approximate surface area is 139 Å². The second-order valence-electron chi connectivity index (χ2n) is 6.25. The number of pyridine rings is 1. The second-order valence-corrected chi connectivity index (χ2v) is 6.25. The maximum atomic E-state index is 12.5. The molecule has 0 atom stereocenters. The molecule has 118 valence electrons. The quantitative estimate of drug-likeness (QED) is 0.674. The molecule has 1 fully saturated rings. The van der Waals surface area contributed by atoms with E-state index in [4.69, 9.17) is 5.26 Å². The first kappa shape index (κ1) is 14.6. The van der Waals surface area contributed by atoms with Gasteiger partial charge in [0, 0.05) is 17.5 Å². The van der Waals surface area contributed by atoms with Crippen LogP contribution in [0.5, 0.6) is 0 Å². The van der Waals surface area contributed by atoms with Gasteiger partial charge in [0.05, 0.1) is 17.3 Å². The molecule has 0 N–H and O–H groups in total. The van der Waals surface area contributed by atoms with Crippen molar-refractivity contribution in [1.29, 1.82) is 5.26 Å². The van der Waals surface area contributed by atoms with E-state index in [1.54, 1.807) is 22.7 Å². The molecule has 3 aromatic rings. The number of hydrogen-bond acceptors (Lipinski definition) is 4. The van der Waals surface area contributed by atoms with Crippen molar-refractivity contribution in [2.24, 2.45) is 5.92 Å². The number of ketones is 1. The fourth-order valence-corrected chi connectivity index (χ4v) is 2.89. The Bertz CT molecular complexity index is 946. The summed E-state index contributed by atoms with van der Waals surface area (Å²) in [5.74, 6) is 0.895. The Morgan fingerprint density at radius 1 is 1.25 bits per heavy atom. The Balaban J connectivity index is 1.73. The number of rotatable bonds is 5. The van der Waals surface area contributed by atoms with Crippen LogP contribution in [0.2, 0.25) is 0 Å². The predicted octanol–water partition coefficient (Wildman–Crippen LogP) is 3.64. The fourth-order valence-electron chi connectivity index (χ4n) is 2.89. The van der Waals surface area contributed by atoms with Gasteiger partial charge in [0.15, 0.2) is 11.4 Å². The topological polar surface area (TPSA) is 71.0 Å². The van der Waals surface area contributed by atoms with Crippen molar-refractivity contribution in [3.8, 4) is 17.3 Å². The maximum Gasteiger partial charge on any atom is 0.163 e. The first-order valence-electron chi connectivity index (χ1n) is 8.12. The van der Waals surface area contributed by atoms with E-state index in [1.165, 1.54) is 19.2 Å². The first-order valence-corrected chi connectivity index (χ1v) is 8.12. The minimum absolute atomic E-state index is 0.155. The highest BCUT2D eigenvalue weighted by Gasteiger charge is 2.22. The molecule has 0 bridgehead atoms. The van der Waals surface area contributed by atoms with Crippen molar-refractivity contribution < 1.29 is 4.79 Å². The molecule has 1 aromatic carbocycles. The molecule has 2 heterocycles. The third-order valence-electron chi connectivity index (χ3n) is 4.49. The van der Waals surface area contributed by atoms with E-state index in [-0.39, 0.29) is 5.78 Å². The van der Waals surface area contributed by atoms with Crippen molar-refractivity contribution in [2.75, 3.05) is 0 Å². The molecule has 0 aliphatic heterocycles. The van der Waals surface area contributed by atoms with Gasteiger partial charge in [-0.05, 0) is 36.6 Å². The summed E-state index contributed by atoms with van der Waals surface area (Å²) in [5, 5.41) is 13.2. The highest BCUT2D eigenvalue weighted by Crippen LogP contribution is 2.34. The van der Waals surface area contributed by atoms with Crippen LogP contribution < -0.4 is 0 Å². The average Bonchev–Trinajstić information content (AvgIpc) is 3.33. The molecular weight excluding hydrogens is 300 g/mol. The van der Waals surface area contributed by atoms with E-state index in [0.717, 1.165) is 23.6 Å². The zero-order valence-electron chi connectivity index (χ0n) is 13.1. The molecule has 4 rings (SSSR count). The van der Waals surface area contributed by atoms with Crippen molar-refractivity contribution in [3.63, 3.8) is 0 Å². The summed E-state index contributed by atoms with van der Waals surface area (Å²) in [4.78, 5) is 16.8. The molecule has 1 saturated carbocycles. The highest BCUT2D eigenvalue weighted by molar-refractivity contribution is 5.98. The smallest absolute Gasteiger partial charge is 0.163 e. The van der Waals surface area contributed by atoms with Gasteiger partial charge in [0.25, 0.3) is 0 Å². The number of fused-ring (bicyclic) bond motifs is 1. The van der Waals surface area contributed by atoms with Crippen LogP contribution in [0.25, 0.3) is 16.9 Å². The molecule has 0 unspecified atom stereocenters. The molecule has 0 saturated heterocycles. The van der Waals surface area contributed by atoms with Gasteiger partial charge >= 0.3 is 0 Å². The lowest BCUT2D eigenvalue weighted by atomic mass is 10.0. The number of nitrogens with zero attached hydrogens (tertiary/aromatic N) is 4. The van der Waals surface area contributed by atoms with Crippen LogP contribution in [0.4, 0.5) is 0 Å². The van der Waals surface area contributed by atoms with Crippen molar-refractivity contribution in [3.05, 3.63) is 53.9 Å². The third kappa shape index (κ3) is 2.79. The van der Waals surface area contributed by atoms with Crippen LogP contribution in [0.15, 0.2) is 42.7 Å². The SMILES string of the molecule is N#Cc1ccc(-c2cc(C(=O)CCC3CC3)cc3ncnn23)cc1. The molecule has 24 heavy (non-hydrogen) atoms. The lowest BCUT2D eigenvalue weighted by Crippen LogP contribution is -2.03. The largest absolute Gasteiger partial charge is 0.294 e. The Morgan fingerprint density at radius 3 is 2.75 bits per heavy atom. The van der Waals surface area contributed by atoms with E-state index in [0.29, 0.717) is 23.2 Å². The predicted molar refractivity (Wildman–Crippen MR) is 89.4 cm³/mol. The molecule has 1 aliphatic rings. The second kappa shape index (κ2) is 5.89. The number of nitriles is 1. The molecule has 2 aromatic heterocycles. The van der Waals surface area contributed by atoms with E-state index in [1.807, 2.05) is 18.2 Å². The summed E-state index contributed by atoms with van der Waals surface area (Å²) in [5.41, 5.74) is 3.65. The van der Waals surface area contributed by atoms with Gasteiger partial charge in [0.1, 0.15) is 6.33 Å². The maximum absolute atomic E-state index is 12.5. The molecule has 5 heteroatoms. The summed E-state index contributed by atoms with van der Waals surface area (Å²) in [6.07, 6.45) is 5.56. The van der Waals surface area contributed by atoms with E-state index < -0.39 is 0 Å². The van der Waals surface area contributed by atoms with Crippen LogP contribution >= 0.6 is 0 Å². The van der Waals surface area contributed by atoms with Crippen LogP contribution in [0.1, 0.15) is 41.6 Å². The Kier molecular flexibility index (Phi) is 3.58. The van der Waals surface area contributed by atoms with Crippen LogP contribution in [-0.2, 0) is 0 Å².